The topological polar surface area (TPSA) is 55.6 Å². The lowest BCUT2D eigenvalue weighted by Crippen LogP contribution is -2.01. The number of anilines is 1. The molecule has 0 fully saturated rings. The first-order valence-corrected chi connectivity index (χ1v) is 5.46. The number of hydrogen-bond acceptors (Lipinski definition) is 5. The molecule has 0 atom stereocenters. The van der Waals surface area contributed by atoms with Crippen LogP contribution >= 0.6 is 11.5 Å². The van der Waals surface area contributed by atoms with Crippen molar-refractivity contribution >= 4 is 16.7 Å². The third kappa shape index (κ3) is 2.15. The fourth-order valence-electron chi connectivity index (χ4n) is 1.26. The van der Waals surface area contributed by atoms with Gasteiger partial charge in [-0.2, -0.15) is 9.47 Å². The molecule has 0 aliphatic rings. The number of nitrogens with zero attached hydrogens (tertiary/aromatic N) is 4. The summed E-state index contributed by atoms with van der Waals surface area (Å²) in [6.45, 7) is 4.68. The van der Waals surface area contributed by atoms with Gasteiger partial charge in [-0.15, -0.1) is 0 Å². The largest absolute Gasteiger partial charge is 0.356 e. The molecular formula is C9H13N5S. The predicted octanol–water partition coefficient (Wildman–Crippen LogP) is 1.50. The zero-order valence-corrected chi connectivity index (χ0v) is 9.80. The summed E-state index contributed by atoms with van der Waals surface area (Å²) < 4.78 is 5.97. The first-order valence-electron chi connectivity index (χ1n) is 4.68. The van der Waals surface area contributed by atoms with E-state index in [0.717, 1.165) is 17.5 Å². The Hall–Kier alpha value is -1.43. The molecule has 80 valence electrons. The normalized spacial score (nSPS) is 10.6. The van der Waals surface area contributed by atoms with E-state index in [0.29, 0.717) is 0 Å². The third-order valence-electron chi connectivity index (χ3n) is 2.29. The highest BCUT2D eigenvalue weighted by Crippen LogP contribution is 2.13. The molecule has 2 aromatic rings. The monoisotopic (exact) mass is 223 g/mol. The molecule has 0 aliphatic heterocycles. The minimum atomic E-state index is 0.744. The van der Waals surface area contributed by atoms with Crippen LogP contribution in [0.4, 0.5) is 5.13 Å². The van der Waals surface area contributed by atoms with Crippen LogP contribution in [0.15, 0.2) is 6.20 Å². The number of rotatable bonds is 3. The minimum Gasteiger partial charge on any atom is -0.356 e. The van der Waals surface area contributed by atoms with Crippen molar-refractivity contribution in [3.8, 4) is 0 Å². The van der Waals surface area contributed by atoms with Gasteiger partial charge in [0.2, 0.25) is 5.13 Å². The Balaban J connectivity index is 2.02. The van der Waals surface area contributed by atoms with Crippen molar-refractivity contribution < 1.29 is 0 Å². The van der Waals surface area contributed by atoms with Crippen molar-refractivity contribution in [1.82, 2.24) is 19.1 Å². The second-order valence-corrected chi connectivity index (χ2v) is 4.13. The molecule has 6 heteroatoms. The van der Waals surface area contributed by atoms with Gasteiger partial charge in [0.25, 0.3) is 0 Å². The Kier molecular flexibility index (Phi) is 2.68. The molecule has 2 rings (SSSR count). The van der Waals surface area contributed by atoms with Gasteiger partial charge in [-0.1, -0.05) is 0 Å². The van der Waals surface area contributed by atoms with E-state index >= 15 is 0 Å². The average Bonchev–Trinajstić information content (AvgIpc) is 2.74. The molecule has 2 aromatic heterocycles. The highest BCUT2D eigenvalue weighted by atomic mass is 32.1. The predicted molar refractivity (Wildman–Crippen MR) is 59.9 cm³/mol. The lowest BCUT2D eigenvalue weighted by atomic mass is 10.2. The van der Waals surface area contributed by atoms with E-state index in [1.54, 1.807) is 0 Å². The maximum atomic E-state index is 4.23. The van der Waals surface area contributed by atoms with Crippen molar-refractivity contribution in [2.45, 2.75) is 20.4 Å². The fraction of sp³-hybridized carbons (Fsp3) is 0.444. The highest BCUT2D eigenvalue weighted by molar-refractivity contribution is 7.09. The molecule has 0 amide bonds. The van der Waals surface area contributed by atoms with E-state index in [-0.39, 0.29) is 0 Å². The van der Waals surface area contributed by atoms with Crippen molar-refractivity contribution in [1.29, 1.82) is 0 Å². The van der Waals surface area contributed by atoms with Crippen LogP contribution in [0.5, 0.6) is 0 Å². The lowest BCUT2D eigenvalue weighted by Gasteiger charge is -2.01. The number of aromatic nitrogens is 4. The summed E-state index contributed by atoms with van der Waals surface area (Å²) in [6.07, 6.45) is 1.87. The van der Waals surface area contributed by atoms with Gasteiger partial charge in [0.05, 0.1) is 6.20 Å². The second kappa shape index (κ2) is 3.98. The van der Waals surface area contributed by atoms with E-state index in [1.165, 1.54) is 22.8 Å². The smallest absolute Gasteiger partial charge is 0.202 e. The van der Waals surface area contributed by atoms with E-state index in [4.69, 9.17) is 0 Å². The number of aryl methyl sites for hydroxylation is 2. The number of hydrogen-bond donors (Lipinski definition) is 1. The van der Waals surface area contributed by atoms with Crippen LogP contribution in [-0.2, 0) is 13.6 Å². The Labute approximate surface area is 92.3 Å². The zero-order valence-electron chi connectivity index (χ0n) is 8.98. The van der Waals surface area contributed by atoms with Gasteiger partial charge >= 0.3 is 0 Å². The Morgan fingerprint density at radius 2 is 2.27 bits per heavy atom. The molecule has 5 nitrogen and oxygen atoms in total. The molecule has 15 heavy (non-hydrogen) atoms. The van der Waals surface area contributed by atoms with Crippen molar-refractivity contribution in [3.63, 3.8) is 0 Å². The number of nitrogens with one attached hydrogen (secondary N) is 1. The summed E-state index contributed by atoms with van der Waals surface area (Å²) in [7, 11) is 1.94. The molecule has 0 unspecified atom stereocenters. The molecule has 0 radical (unpaired) electrons. The van der Waals surface area contributed by atoms with Crippen LogP contribution in [0.3, 0.4) is 0 Å². The maximum Gasteiger partial charge on any atom is 0.202 e. The summed E-state index contributed by atoms with van der Waals surface area (Å²) in [6, 6.07) is 0. The first kappa shape index (κ1) is 10.1. The van der Waals surface area contributed by atoms with Gasteiger partial charge in [0.1, 0.15) is 5.82 Å². The summed E-state index contributed by atoms with van der Waals surface area (Å²) in [5, 5.41) is 8.26. The molecule has 0 saturated heterocycles. The second-order valence-electron chi connectivity index (χ2n) is 3.38. The standard InChI is InChI=1S/C9H13N5S/c1-6-8(5-11-14(6)3)4-10-9-12-7(2)13-15-9/h5H,4H2,1-3H3,(H,10,12,13). The van der Waals surface area contributed by atoms with Gasteiger partial charge in [0.15, 0.2) is 0 Å². The van der Waals surface area contributed by atoms with E-state index in [1.807, 2.05) is 24.9 Å². The molecule has 1 N–H and O–H groups in total. The lowest BCUT2D eigenvalue weighted by molar-refractivity contribution is 0.738. The van der Waals surface area contributed by atoms with Crippen LogP contribution in [-0.4, -0.2) is 19.1 Å². The van der Waals surface area contributed by atoms with E-state index in [2.05, 4.69) is 26.7 Å². The first-order chi connectivity index (χ1) is 7.16. The van der Waals surface area contributed by atoms with Gasteiger partial charge < -0.3 is 5.32 Å². The Morgan fingerprint density at radius 3 is 2.80 bits per heavy atom. The van der Waals surface area contributed by atoms with Crippen LogP contribution in [0.2, 0.25) is 0 Å². The molecule has 0 spiro atoms. The van der Waals surface area contributed by atoms with Gasteiger partial charge in [-0.3, -0.25) is 4.68 Å². The molecule has 0 bridgehead atoms. The highest BCUT2D eigenvalue weighted by Gasteiger charge is 2.04. The van der Waals surface area contributed by atoms with Crippen LogP contribution in [0, 0.1) is 13.8 Å². The Bertz CT molecular complexity index is 459. The average molecular weight is 223 g/mol. The molecule has 0 saturated carbocycles. The minimum absolute atomic E-state index is 0.744. The summed E-state index contributed by atoms with van der Waals surface area (Å²) >= 11 is 1.38. The maximum absolute atomic E-state index is 4.23. The molecule has 2 heterocycles. The van der Waals surface area contributed by atoms with E-state index in [9.17, 15) is 0 Å². The quantitative estimate of drug-likeness (QED) is 0.856. The van der Waals surface area contributed by atoms with Crippen molar-refractivity contribution in [3.05, 3.63) is 23.3 Å². The van der Waals surface area contributed by atoms with Crippen LogP contribution in [0.25, 0.3) is 0 Å². The van der Waals surface area contributed by atoms with Gasteiger partial charge in [-0.05, 0) is 13.8 Å². The van der Waals surface area contributed by atoms with Gasteiger partial charge in [-0.25, -0.2) is 4.98 Å². The summed E-state index contributed by atoms with van der Waals surface area (Å²) in [5.41, 5.74) is 2.36. The van der Waals surface area contributed by atoms with Crippen molar-refractivity contribution in [2.75, 3.05) is 5.32 Å². The fourth-order valence-corrected chi connectivity index (χ4v) is 1.83. The summed E-state index contributed by atoms with van der Waals surface area (Å²) in [5.74, 6) is 0.811. The van der Waals surface area contributed by atoms with Gasteiger partial charge in [0, 0.05) is 36.4 Å². The Morgan fingerprint density at radius 1 is 1.47 bits per heavy atom. The van der Waals surface area contributed by atoms with E-state index < -0.39 is 0 Å². The van der Waals surface area contributed by atoms with Crippen molar-refractivity contribution in [2.24, 2.45) is 7.05 Å². The molecule has 0 aliphatic carbocycles. The zero-order chi connectivity index (χ0) is 10.8. The SMILES string of the molecule is Cc1nsc(NCc2cnn(C)c2C)n1. The third-order valence-corrected chi connectivity index (χ3v) is 3.06. The summed E-state index contributed by atoms with van der Waals surface area (Å²) in [4.78, 5) is 4.23. The molecular weight excluding hydrogens is 210 g/mol. The molecule has 0 aromatic carbocycles. The van der Waals surface area contributed by atoms with Crippen LogP contribution in [0.1, 0.15) is 17.1 Å². The van der Waals surface area contributed by atoms with Crippen LogP contribution < -0.4 is 5.32 Å².